The van der Waals surface area contributed by atoms with Gasteiger partial charge >= 0.3 is 0 Å². The highest BCUT2D eigenvalue weighted by molar-refractivity contribution is 7.89. The second-order valence-electron chi connectivity index (χ2n) is 7.91. The molecule has 0 N–H and O–H groups in total. The lowest BCUT2D eigenvalue weighted by atomic mass is 10.2. The van der Waals surface area contributed by atoms with Crippen molar-refractivity contribution < 1.29 is 22.3 Å². The molecule has 1 fully saturated rings. The molecule has 0 bridgehead atoms. The van der Waals surface area contributed by atoms with Crippen LogP contribution in [0.5, 0.6) is 0 Å². The number of benzene rings is 2. The van der Waals surface area contributed by atoms with E-state index in [0.29, 0.717) is 60.3 Å². The first kappa shape index (κ1) is 23.7. The SMILES string of the molecule is CN(C)CCN(C(=O)c1ccc(S(=O)(=O)N2CCOCC2)cc1)c1nc2ccc(F)cc2s1. The maximum absolute atomic E-state index is 13.6. The number of nitrogens with zero attached hydrogens (tertiary/aromatic N) is 4. The number of likely N-dealkylation sites (N-methyl/N-ethyl adjacent to an activating group) is 1. The number of rotatable bonds is 7. The Bertz CT molecular complexity index is 1240. The number of hydrogen-bond donors (Lipinski definition) is 0. The van der Waals surface area contributed by atoms with Gasteiger partial charge in [-0.3, -0.25) is 9.69 Å². The number of thiazole rings is 1. The van der Waals surface area contributed by atoms with Crippen LogP contribution in [0.1, 0.15) is 10.4 Å². The van der Waals surface area contributed by atoms with Crippen molar-refractivity contribution in [3.8, 4) is 0 Å². The normalized spacial score (nSPS) is 15.3. The van der Waals surface area contributed by atoms with Gasteiger partial charge in [0.05, 0.1) is 28.3 Å². The van der Waals surface area contributed by atoms with E-state index in [1.54, 1.807) is 11.0 Å². The Kier molecular flexibility index (Phi) is 7.05. The lowest BCUT2D eigenvalue weighted by Gasteiger charge is -2.26. The minimum absolute atomic E-state index is 0.135. The minimum atomic E-state index is -3.64. The van der Waals surface area contributed by atoms with Gasteiger partial charge in [-0.15, -0.1) is 0 Å². The fraction of sp³-hybridized carbons (Fsp3) is 0.364. The van der Waals surface area contributed by atoms with Crippen molar-refractivity contribution in [1.82, 2.24) is 14.2 Å². The first-order chi connectivity index (χ1) is 15.8. The molecule has 0 spiro atoms. The molecule has 0 radical (unpaired) electrons. The van der Waals surface area contributed by atoms with Crippen LogP contribution in [0.15, 0.2) is 47.4 Å². The molecule has 11 heteroatoms. The molecule has 1 amide bonds. The van der Waals surface area contributed by atoms with Gasteiger partial charge < -0.3 is 9.64 Å². The Hall–Kier alpha value is -2.44. The molecule has 1 aliphatic rings. The van der Waals surface area contributed by atoms with Crippen LogP contribution in [0.4, 0.5) is 9.52 Å². The van der Waals surface area contributed by atoms with Gasteiger partial charge in [0.25, 0.3) is 5.91 Å². The molecule has 4 rings (SSSR count). The number of halogens is 1. The van der Waals surface area contributed by atoms with E-state index in [-0.39, 0.29) is 16.6 Å². The molecule has 33 heavy (non-hydrogen) atoms. The van der Waals surface area contributed by atoms with Crippen molar-refractivity contribution in [2.24, 2.45) is 0 Å². The van der Waals surface area contributed by atoms with E-state index in [9.17, 15) is 17.6 Å². The number of aromatic nitrogens is 1. The molecule has 0 aliphatic carbocycles. The number of amides is 1. The summed E-state index contributed by atoms with van der Waals surface area (Å²) in [7, 11) is 0.165. The van der Waals surface area contributed by atoms with Crippen molar-refractivity contribution in [2.75, 3.05) is 58.4 Å². The standard InChI is InChI=1S/C22H25FN4O4S2/c1-25(2)9-10-27(22-24-19-8-5-17(23)15-20(19)32-22)21(28)16-3-6-18(7-4-16)33(29,30)26-11-13-31-14-12-26/h3-8,15H,9-14H2,1-2H3. The van der Waals surface area contributed by atoms with E-state index in [0.717, 1.165) is 0 Å². The van der Waals surface area contributed by atoms with Crippen LogP contribution < -0.4 is 4.90 Å². The average Bonchev–Trinajstić information content (AvgIpc) is 3.22. The highest BCUT2D eigenvalue weighted by atomic mass is 32.2. The maximum atomic E-state index is 13.6. The summed E-state index contributed by atoms with van der Waals surface area (Å²) in [6.45, 7) is 2.31. The van der Waals surface area contributed by atoms with Crippen LogP contribution in [0.3, 0.4) is 0 Å². The molecule has 1 saturated heterocycles. The highest BCUT2D eigenvalue weighted by Crippen LogP contribution is 2.30. The Balaban J connectivity index is 1.61. The Labute approximate surface area is 196 Å². The molecule has 176 valence electrons. The number of carbonyl (C=O) groups is 1. The fourth-order valence-electron chi connectivity index (χ4n) is 3.45. The summed E-state index contributed by atoms with van der Waals surface area (Å²) < 4.78 is 46.6. The quantitative estimate of drug-likeness (QED) is 0.504. The van der Waals surface area contributed by atoms with Crippen molar-refractivity contribution in [1.29, 1.82) is 0 Å². The number of carbonyl (C=O) groups excluding carboxylic acids is 1. The van der Waals surface area contributed by atoms with Gasteiger partial charge in [0.2, 0.25) is 10.0 Å². The number of sulfonamides is 1. The molecule has 0 atom stereocenters. The third kappa shape index (κ3) is 5.22. The molecule has 3 aromatic rings. The zero-order chi connectivity index (χ0) is 23.6. The first-order valence-electron chi connectivity index (χ1n) is 10.5. The first-order valence-corrected chi connectivity index (χ1v) is 12.7. The van der Waals surface area contributed by atoms with E-state index in [1.807, 2.05) is 19.0 Å². The molecule has 2 aromatic carbocycles. The number of morpholine rings is 1. The maximum Gasteiger partial charge on any atom is 0.260 e. The van der Waals surface area contributed by atoms with Gasteiger partial charge in [0.15, 0.2) is 5.13 Å². The van der Waals surface area contributed by atoms with Crippen molar-refractivity contribution in [3.63, 3.8) is 0 Å². The fourth-order valence-corrected chi connectivity index (χ4v) is 5.87. The number of ether oxygens (including phenoxy) is 1. The largest absolute Gasteiger partial charge is 0.379 e. The summed E-state index contributed by atoms with van der Waals surface area (Å²) in [5.41, 5.74) is 0.964. The molecule has 8 nitrogen and oxygen atoms in total. The summed E-state index contributed by atoms with van der Waals surface area (Å²) in [6.07, 6.45) is 0. The lowest BCUT2D eigenvalue weighted by molar-refractivity contribution is 0.0730. The van der Waals surface area contributed by atoms with Crippen LogP contribution in [0.2, 0.25) is 0 Å². The predicted octanol–water partition coefficient (Wildman–Crippen LogP) is 2.66. The molecular formula is C22H25FN4O4S2. The summed E-state index contributed by atoms with van der Waals surface area (Å²) in [6, 6.07) is 10.3. The monoisotopic (exact) mass is 492 g/mol. The van der Waals surface area contributed by atoms with E-state index in [4.69, 9.17) is 4.74 Å². The van der Waals surface area contributed by atoms with Crippen LogP contribution >= 0.6 is 11.3 Å². The van der Waals surface area contributed by atoms with E-state index in [1.165, 1.54) is 52.0 Å². The third-order valence-electron chi connectivity index (χ3n) is 5.30. The second kappa shape index (κ2) is 9.82. The Morgan fingerprint density at radius 3 is 2.48 bits per heavy atom. The van der Waals surface area contributed by atoms with Crippen LogP contribution in [-0.2, 0) is 14.8 Å². The molecule has 1 aliphatic heterocycles. The van der Waals surface area contributed by atoms with Gasteiger partial charge in [-0.2, -0.15) is 4.31 Å². The summed E-state index contributed by atoms with van der Waals surface area (Å²) in [5, 5.41) is 0.465. The number of anilines is 1. The second-order valence-corrected chi connectivity index (χ2v) is 10.9. The Morgan fingerprint density at radius 1 is 1.12 bits per heavy atom. The van der Waals surface area contributed by atoms with Crippen LogP contribution in [0, 0.1) is 5.82 Å². The van der Waals surface area contributed by atoms with Crippen molar-refractivity contribution in [2.45, 2.75) is 4.90 Å². The molecule has 1 aromatic heterocycles. The van der Waals surface area contributed by atoms with Gasteiger partial charge in [0, 0.05) is 31.7 Å². The van der Waals surface area contributed by atoms with Crippen LogP contribution in [0.25, 0.3) is 10.2 Å². The Morgan fingerprint density at radius 2 is 1.82 bits per heavy atom. The summed E-state index contributed by atoms with van der Waals surface area (Å²) in [4.78, 5) is 21.5. The topological polar surface area (TPSA) is 83.1 Å². The van der Waals surface area contributed by atoms with Crippen LogP contribution in [-0.4, -0.2) is 82.0 Å². The smallest absolute Gasteiger partial charge is 0.260 e. The number of hydrogen-bond acceptors (Lipinski definition) is 7. The van der Waals surface area contributed by atoms with Gasteiger partial charge in [0.1, 0.15) is 5.82 Å². The highest BCUT2D eigenvalue weighted by Gasteiger charge is 2.27. The predicted molar refractivity (Wildman–Crippen MR) is 126 cm³/mol. The van der Waals surface area contributed by atoms with Gasteiger partial charge in [-0.25, -0.2) is 17.8 Å². The summed E-state index contributed by atoms with van der Waals surface area (Å²) >= 11 is 1.24. The van der Waals surface area contributed by atoms with Gasteiger partial charge in [-0.05, 0) is 56.6 Å². The minimum Gasteiger partial charge on any atom is -0.379 e. The average molecular weight is 493 g/mol. The zero-order valence-electron chi connectivity index (χ0n) is 18.4. The lowest BCUT2D eigenvalue weighted by Crippen LogP contribution is -2.40. The van der Waals surface area contributed by atoms with Gasteiger partial charge in [-0.1, -0.05) is 11.3 Å². The molecular weight excluding hydrogens is 467 g/mol. The van der Waals surface area contributed by atoms with E-state index >= 15 is 0 Å². The third-order valence-corrected chi connectivity index (χ3v) is 8.25. The summed E-state index contributed by atoms with van der Waals surface area (Å²) in [5.74, 6) is -0.660. The molecule has 0 saturated carbocycles. The number of fused-ring (bicyclic) bond motifs is 1. The zero-order valence-corrected chi connectivity index (χ0v) is 20.0. The molecule has 2 heterocycles. The van der Waals surface area contributed by atoms with E-state index in [2.05, 4.69) is 4.98 Å². The van der Waals surface area contributed by atoms with Crippen molar-refractivity contribution >= 4 is 42.6 Å². The van der Waals surface area contributed by atoms with Crippen molar-refractivity contribution in [3.05, 3.63) is 53.8 Å². The molecule has 0 unspecified atom stereocenters. The van der Waals surface area contributed by atoms with E-state index < -0.39 is 10.0 Å².